The van der Waals surface area contributed by atoms with Crippen LogP contribution in [0.5, 0.6) is 0 Å². The van der Waals surface area contributed by atoms with Crippen LogP contribution in [0.3, 0.4) is 0 Å². The van der Waals surface area contributed by atoms with Crippen molar-refractivity contribution in [3.63, 3.8) is 0 Å². The molecule has 2 heterocycles. The summed E-state index contributed by atoms with van der Waals surface area (Å²) in [5, 5.41) is 3.77. The summed E-state index contributed by atoms with van der Waals surface area (Å²) >= 11 is 0. The molecule has 1 aliphatic rings. The summed E-state index contributed by atoms with van der Waals surface area (Å²) in [5.41, 5.74) is 2.11. The number of furan rings is 1. The molecule has 0 spiro atoms. The fraction of sp³-hybridized carbons (Fsp3) is 0.238. The number of carbonyl (C=O) groups excluding carboxylic acids is 2. The molecule has 1 atom stereocenters. The van der Waals surface area contributed by atoms with Crippen molar-refractivity contribution >= 4 is 22.8 Å². The lowest BCUT2D eigenvalue weighted by atomic mass is 10.0. The van der Waals surface area contributed by atoms with Gasteiger partial charge in [-0.05, 0) is 24.6 Å². The molecule has 0 saturated carbocycles. The van der Waals surface area contributed by atoms with Crippen LogP contribution in [0.25, 0.3) is 11.0 Å². The van der Waals surface area contributed by atoms with Gasteiger partial charge >= 0.3 is 0 Å². The van der Waals surface area contributed by atoms with Crippen LogP contribution in [0, 0.1) is 6.92 Å². The highest BCUT2D eigenvalue weighted by Crippen LogP contribution is 2.25. The molecule has 1 N–H and O–H groups in total. The van der Waals surface area contributed by atoms with Gasteiger partial charge in [-0.2, -0.15) is 0 Å². The number of hydrogen-bond donors (Lipinski definition) is 1. The Labute approximate surface area is 151 Å². The number of benzene rings is 2. The number of amides is 2. The number of hydrogen-bond acceptors (Lipinski definition) is 3. The minimum Gasteiger partial charge on any atom is -0.461 e. The molecule has 0 unspecified atom stereocenters. The SMILES string of the molecule is Cc1cc2cccc(C(=O)N3CCNC(=O)[C@H]3Cc3ccccc3)c2o1. The first-order valence-corrected chi connectivity index (χ1v) is 8.75. The van der Waals surface area contributed by atoms with Crippen molar-refractivity contribution in [2.24, 2.45) is 0 Å². The van der Waals surface area contributed by atoms with E-state index in [-0.39, 0.29) is 11.8 Å². The summed E-state index contributed by atoms with van der Waals surface area (Å²) in [6, 6.07) is 16.7. The molecule has 2 amide bonds. The van der Waals surface area contributed by atoms with E-state index in [4.69, 9.17) is 4.42 Å². The van der Waals surface area contributed by atoms with E-state index < -0.39 is 6.04 Å². The van der Waals surface area contributed by atoms with E-state index in [2.05, 4.69) is 5.32 Å². The zero-order chi connectivity index (χ0) is 18.1. The summed E-state index contributed by atoms with van der Waals surface area (Å²) in [6.45, 7) is 2.81. The quantitative estimate of drug-likeness (QED) is 0.792. The Balaban J connectivity index is 1.68. The number of rotatable bonds is 3. The minimum atomic E-state index is -0.523. The second kappa shape index (κ2) is 6.67. The van der Waals surface area contributed by atoms with Gasteiger partial charge in [0.05, 0.1) is 5.56 Å². The molecule has 1 saturated heterocycles. The number of piperazine rings is 1. The summed E-state index contributed by atoms with van der Waals surface area (Å²) in [6.07, 6.45) is 0.492. The van der Waals surface area contributed by atoms with Gasteiger partial charge in [-0.25, -0.2) is 0 Å². The average Bonchev–Trinajstić information content (AvgIpc) is 3.04. The van der Waals surface area contributed by atoms with Crippen molar-refractivity contribution < 1.29 is 14.0 Å². The first-order valence-electron chi connectivity index (χ1n) is 8.75. The maximum Gasteiger partial charge on any atom is 0.258 e. The number of carbonyl (C=O) groups is 2. The summed E-state index contributed by atoms with van der Waals surface area (Å²) in [4.78, 5) is 27.4. The molecule has 1 fully saturated rings. The molecule has 5 heteroatoms. The third kappa shape index (κ3) is 2.96. The smallest absolute Gasteiger partial charge is 0.258 e. The van der Waals surface area contributed by atoms with Crippen LogP contribution in [0.4, 0.5) is 0 Å². The standard InChI is InChI=1S/C21H20N2O3/c1-14-12-16-8-5-9-17(19(16)26-14)21(25)23-11-10-22-20(24)18(23)13-15-6-3-2-4-7-15/h2-9,12,18H,10-11,13H2,1H3,(H,22,24)/t18-/m1/s1. The lowest BCUT2D eigenvalue weighted by Crippen LogP contribution is -2.58. The molecular weight excluding hydrogens is 328 g/mol. The zero-order valence-corrected chi connectivity index (χ0v) is 14.6. The molecule has 5 nitrogen and oxygen atoms in total. The maximum absolute atomic E-state index is 13.3. The summed E-state index contributed by atoms with van der Waals surface area (Å²) in [7, 11) is 0. The highest BCUT2D eigenvalue weighted by Gasteiger charge is 2.34. The number of nitrogens with one attached hydrogen (secondary N) is 1. The van der Waals surface area contributed by atoms with Gasteiger partial charge in [0.25, 0.3) is 5.91 Å². The fourth-order valence-corrected chi connectivity index (χ4v) is 3.51. The highest BCUT2D eigenvalue weighted by molar-refractivity contribution is 6.06. The number of fused-ring (bicyclic) bond motifs is 1. The fourth-order valence-electron chi connectivity index (χ4n) is 3.51. The number of aryl methyl sites for hydroxylation is 1. The largest absolute Gasteiger partial charge is 0.461 e. The first kappa shape index (κ1) is 16.4. The van der Waals surface area contributed by atoms with E-state index in [1.807, 2.05) is 55.5 Å². The van der Waals surface area contributed by atoms with Crippen LogP contribution >= 0.6 is 0 Å². The Morgan fingerprint density at radius 1 is 1.19 bits per heavy atom. The van der Waals surface area contributed by atoms with E-state index in [9.17, 15) is 9.59 Å². The van der Waals surface area contributed by atoms with Crippen molar-refractivity contribution in [3.05, 3.63) is 71.5 Å². The second-order valence-electron chi connectivity index (χ2n) is 6.58. The van der Waals surface area contributed by atoms with Crippen LogP contribution in [-0.4, -0.2) is 35.8 Å². The predicted molar refractivity (Wildman–Crippen MR) is 98.9 cm³/mol. The molecule has 132 valence electrons. The van der Waals surface area contributed by atoms with Crippen LogP contribution < -0.4 is 5.32 Å². The van der Waals surface area contributed by atoms with Gasteiger partial charge in [0, 0.05) is 24.9 Å². The van der Waals surface area contributed by atoms with Crippen molar-refractivity contribution in [1.29, 1.82) is 0 Å². The molecular formula is C21H20N2O3. The molecule has 0 radical (unpaired) electrons. The Bertz CT molecular complexity index is 962. The molecule has 2 aromatic carbocycles. The first-order chi connectivity index (χ1) is 12.6. The van der Waals surface area contributed by atoms with Crippen molar-refractivity contribution in [2.75, 3.05) is 13.1 Å². The Hall–Kier alpha value is -3.08. The van der Waals surface area contributed by atoms with Gasteiger partial charge < -0.3 is 14.6 Å². The van der Waals surface area contributed by atoms with E-state index in [1.54, 1.807) is 11.0 Å². The van der Waals surface area contributed by atoms with E-state index in [0.717, 1.165) is 16.7 Å². The van der Waals surface area contributed by atoms with Crippen LogP contribution in [0.2, 0.25) is 0 Å². The van der Waals surface area contributed by atoms with Crippen LogP contribution in [-0.2, 0) is 11.2 Å². The van der Waals surface area contributed by atoms with Gasteiger partial charge in [0.2, 0.25) is 5.91 Å². The molecule has 1 aromatic heterocycles. The second-order valence-corrected chi connectivity index (χ2v) is 6.58. The predicted octanol–water partition coefficient (Wildman–Crippen LogP) is 2.92. The third-order valence-corrected chi connectivity index (χ3v) is 4.76. The van der Waals surface area contributed by atoms with Crippen LogP contribution in [0.1, 0.15) is 21.7 Å². The van der Waals surface area contributed by atoms with E-state index in [0.29, 0.717) is 30.7 Å². The topological polar surface area (TPSA) is 62.6 Å². The zero-order valence-electron chi connectivity index (χ0n) is 14.6. The molecule has 1 aliphatic heterocycles. The maximum atomic E-state index is 13.3. The Kier molecular flexibility index (Phi) is 4.21. The third-order valence-electron chi connectivity index (χ3n) is 4.76. The average molecular weight is 348 g/mol. The van der Waals surface area contributed by atoms with Gasteiger partial charge in [0.15, 0.2) is 0 Å². The van der Waals surface area contributed by atoms with E-state index >= 15 is 0 Å². The van der Waals surface area contributed by atoms with Crippen molar-refractivity contribution in [3.8, 4) is 0 Å². The lowest BCUT2D eigenvalue weighted by Gasteiger charge is -2.35. The monoisotopic (exact) mass is 348 g/mol. The van der Waals surface area contributed by atoms with Gasteiger partial charge in [-0.1, -0.05) is 42.5 Å². The molecule has 0 aliphatic carbocycles. The van der Waals surface area contributed by atoms with Gasteiger partial charge in [0.1, 0.15) is 17.4 Å². The highest BCUT2D eigenvalue weighted by atomic mass is 16.3. The molecule has 0 bridgehead atoms. The van der Waals surface area contributed by atoms with Gasteiger partial charge in [-0.3, -0.25) is 9.59 Å². The lowest BCUT2D eigenvalue weighted by molar-refractivity contribution is -0.127. The van der Waals surface area contributed by atoms with Crippen molar-refractivity contribution in [2.45, 2.75) is 19.4 Å². The van der Waals surface area contributed by atoms with E-state index in [1.165, 1.54) is 0 Å². The van der Waals surface area contributed by atoms with Crippen molar-refractivity contribution in [1.82, 2.24) is 10.2 Å². The summed E-state index contributed by atoms with van der Waals surface area (Å²) < 4.78 is 5.74. The minimum absolute atomic E-state index is 0.115. The normalized spacial score (nSPS) is 17.3. The number of para-hydroxylation sites is 1. The summed E-state index contributed by atoms with van der Waals surface area (Å²) in [5.74, 6) is 0.481. The van der Waals surface area contributed by atoms with Gasteiger partial charge in [-0.15, -0.1) is 0 Å². The number of nitrogens with zero attached hydrogens (tertiary/aromatic N) is 1. The van der Waals surface area contributed by atoms with Crippen LogP contribution in [0.15, 0.2) is 59.0 Å². The molecule has 3 aromatic rings. The Morgan fingerprint density at radius 3 is 2.81 bits per heavy atom. The Morgan fingerprint density at radius 2 is 2.00 bits per heavy atom. The molecule has 4 rings (SSSR count). The molecule has 26 heavy (non-hydrogen) atoms.